The van der Waals surface area contributed by atoms with Crippen molar-refractivity contribution in [2.45, 2.75) is 39.5 Å². The molecule has 0 aromatic carbocycles. The minimum atomic E-state index is 0.204. The Hall–Kier alpha value is -0.560. The van der Waals surface area contributed by atoms with Crippen molar-refractivity contribution in [2.24, 2.45) is 23.7 Å². The molecule has 0 saturated heterocycles. The van der Waals surface area contributed by atoms with Crippen molar-refractivity contribution in [3.63, 3.8) is 0 Å². The smallest absolute Gasteiger partial charge is 0.0639 e. The fourth-order valence-electron chi connectivity index (χ4n) is 3.71. The molecular weight excluding hydrogens is 196 g/mol. The lowest BCUT2D eigenvalue weighted by Crippen LogP contribution is -2.29. The van der Waals surface area contributed by atoms with Gasteiger partial charge in [-0.1, -0.05) is 30.7 Å². The number of aliphatic hydroxyl groups excluding tert-OH is 1. The average molecular weight is 220 g/mol. The van der Waals surface area contributed by atoms with Gasteiger partial charge in [0.05, 0.1) is 6.61 Å². The number of hydrogen-bond acceptors (Lipinski definition) is 1. The molecule has 2 aliphatic rings. The van der Waals surface area contributed by atoms with E-state index in [-0.39, 0.29) is 6.61 Å². The summed E-state index contributed by atoms with van der Waals surface area (Å²) < 4.78 is 0. The molecule has 2 aliphatic carbocycles. The lowest BCUT2D eigenvalue weighted by molar-refractivity contribution is 0.172. The first kappa shape index (κ1) is 11.9. The summed E-state index contributed by atoms with van der Waals surface area (Å²) in [6.07, 6.45) is 7.49. The maximum atomic E-state index is 9.13. The van der Waals surface area contributed by atoms with Crippen LogP contribution in [0.25, 0.3) is 0 Å². The number of aliphatic hydroxyl groups is 1. The van der Waals surface area contributed by atoms with Gasteiger partial charge in [0.25, 0.3) is 0 Å². The molecule has 4 atom stereocenters. The van der Waals surface area contributed by atoms with Crippen molar-refractivity contribution in [1.29, 1.82) is 0 Å². The number of rotatable bonds is 2. The molecule has 2 fully saturated rings. The molecular formula is C15H24O. The first-order chi connectivity index (χ1) is 7.63. The van der Waals surface area contributed by atoms with Crippen LogP contribution in [-0.2, 0) is 0 Å². The molecule has 1 N–H and O–H groups in total. The van der Waals surface area contributed by atoms with Gasteiger partial charge in [0.15, 0.2) is 0 Å². The maximum absolute atomic E-state index is 9.13. The topological polar surface area (TPSA) is 20.2 Å². The Balaban J connectivity index is 2.17. The van der Waals surface area contributed by atoms with E-state index < -0.39 is 0 Å². The van der Waals surface area contributed by atoms with Crippen LogP contribution in [-0.4, -0.2) is 11.7 Å². The van der Waals surface area contributed by atoms with E-state index in [9.17, 15) is 0 Å². The van der Waals surface area contributed by atoms with Crippen molar-refractivity contribution in [3.05, 3.63) is 23.8 Å². The summed E-state index contributed by atoms with van der Waals surface area (Å²) in [4.78, 5) is 0. The van der Waals surface area contributed by atoms with Crippen LogP contribution in [0.3, 0.4) is 0 Å². The molecule has 1 nitrogen and oxygen atoms in total. The monoisotopic (exact) mass is 220 g/mol. The van der Waals surface area contributed by atoms with Gasteiger partial charge in [0.1, 0.15) is 0 Å². The van der Waals surface area contributed by atoms with E-state index in [1.807, 2.05) is 6.92 Å². The van der Waals surface area contributed by atoms with Gasteiger partial charge in [-0.15, -0.1) is 0 Å². The molecule has 0 spiro atoms. The Morgan fingerprint density at radius 2 is 2.19 bits per heavy atom. The van der Waals surface area contributed by atoms with Crippen LogP contribution < -0.4 is 0 Å². The largest absolute Gasteiger partial charge is 0.392 e. The number of allylic oxidation sites excluding steroid dienone is 2. The first-order valence-corrected chi connectivity index (χ1v) is 6.59. The van der Waals surface area contributed by atoms with Crippen molar-refractivity contribution in [3.8, 4) is 0 Å². The Kier molecular flexibility index (Phi) is 3.53. The average Bonchev–Trinajstić information content (AvgIpc) is 2.66. The summed E-state index contributed by atoms with van der Waals surface area (Å²) in [6, 6.07) is 0. The molecule has 16 heavy (non-hydrogen) atoms. The van der Waals surface area contributed by atoms with Crippen LogP contribution in [0.1, 0.15) is 39.5 Å². The van der Waals surface area contributed by atoms with Gasteiger partial charge in [-0.05, 0) is 56.3 Å². The minimum absolute atomic E-state index is 0.204. The highest BCUT2D eigenvalue weighted by atomic mass is 16.3. The second-order valence-corrected chi connectivity index (χ2v) is 5.78. The fourth-order valence-corrected chi connectivity index (χ4v) is 3.71. The van der Waals surface area contributed by atoms with Crippen molar-refractivity contribution >= 4 is 0 Å². The van der Waals surface area contributed by atoms with E-state index in [1.54, 1.807) is 0 Å². The van der Waals surface area contributed by atoms with Gasteiger partial charge < -0.3 is 5.11 Å². The molecule has 0 amide bonds. The first-order valence-electron chi connectivity index (χ1n) is 6.59. The maximum Gasteiger partial charge on any atom is 0.0639 e. The van der Waals surface area contributed by atoms with Gasteiger partial charge in [0.2, 0.25) is 0 Å². The third-order valence-electron chi connectivity index (χ3n) is 4.63. The molecule has 90 valence electrons. The molecule has 0 aromatic rings. The molecule has 0 radical (unpaired) electrons. The van der Waals surface area contributed by atoms with E-state index in [0.29, 0.717) is 11.8 Å². The number of hydrogen-bond donors (Lipinski definition) is 1. The predicted molar refractivity (Wildman–Crippen MR) is 68.1 cm³/mol. The second-order valence-electron chi connectivity index (χ2n) is 5.78. The zero-order chi connectivity index (χ0) is 11.7. The highest BCUT2D eigenvalue weighted by Gasteiger charge is 2.41. The van der Waals surface area contributed by atoms with Crippen LogP contribution in [0.15, 0.2) is 23.8 Å². The zero-order valence-corrected chi connectivity index (χ0v) is 10.6. The Bertz CT molecular complexity index is 303. The van der Waals surface area contributed by atoms with E-state index in [0.717, 1.165) is 17.4 Å². The predicted octanol–water partition coefficient (Wildman–Crippen LogP) is 3.55. The van der Waals surface area contributed by atoms with E-state index >= 15 is 0 Å². The summed E-state index contributed by atoms with van der Waals surface area (Å²) in [5.41, 5.74) is 2.58. The quantitative estimate of drug-likeness (QED) is 0.706. The van der Waals surface area contributed by atoms with E-state index in [2.05, 4.69) is 19.6 Å². The molecule has 1 heteroatoms. The molecule has 2 rings (SSSR count). The van der Waals surface area contributed by atoms with Gasteiger partial charge in [0, 0.05) is 0 Å². The van der Waals surface area contributed by atoms with Crippen LogP contribution in [0.5, 0.6) is 0 Å². The summed E-state index contributed by atoms with van der Waals surface area (Å²) in [6.45, 7) is 8.90. The molecule has 0 bridgehead atoms. The summed E-state index contributed by atoms with van der Waals surface area (Å²) in [5.74, 6) is 3.06. The van der Waals surface area contributed by atoms with Gasteiger partial charge in [-0.25, -0.2) is 0 Å². The highest BCUT2D eigenvalue weighted by molar-refractivity contribution is 5.18. The van der Waals surface area contributed by atoms with Gasteiger partial charge in [-0.3, -0.25) is 0 Å². The molecule has 4 unspecified atom stereocenters. The molecule has 2 saturated carbocycles. The SMILES string of the molecule is C=C1CCC2C(C)CCC(C=C(C)CO)C12. The molecule has 0 heterocycles. The summed E-state index contributed by atoms with van der Waals surface area (Å²) in [7, 11) is 0. The molecule has 0 aromatic heterocycles. The minimum Gasteiger partial charge on any atom is -0.392 e. The van der Waals surface area contributed by atoms with Crippen molar-refractivity contribution in [2.75, 3.05) is 6.61 Å². The highest BCUT2D eigenvalue weighted by Crippen LogP contribution is 2.50. The van der Waals surface area contributed by atoms with Gasteiger partial charge >= 0.3 is 0 Å². The second kappa shape index (κ2) is 4.75. The van der Waals surface area contributed by atoms with Crippen LogP contribution in [0.4, 0.5) is 0 Å². The third kappa shape index (κ3) is 2.10. The van der Waals surface area contributed by atoms with Crippen LogP contribution in [0, 0.1) is 23.7 Å². The van der Waals surface area contributed by atoms with Gasteiger partial charge in [-0.2, -0.15) is 0 Å². The Morgan fingerprint density at radius 1 is 1.44 bits per heavy atom. The van der Waals surface area contributed by atoms with Crippen molar-refractivity contribution in [1.82, 2.24) is 0 Å². The van der Waals surface area contributed by atoms with Crippen LogP contribution in [0.2, 0.25) is 0 Å². The third-order valence-corrected chi connectivity index (χ3v) is 4.63. The van der Waals surface area contributed by atoms with Crippen molar-refractivity contribution < 1.29 is 5.11 Å². The standard InChI is InChI=1S/C15H24O/c1-10(9-16)8-13-6-4-11(2)14-7-5-12(3)15(13)14/h8,11,13-16H,3-7,9H2,1-2H3. The Labute approximate surface area is 99.3 Å². The lowest BCUT2D eigenvalue weighted by Gasteiger charge is -2.37. The van der Waals surface area contributed by atoms with E-state index in [1.165, 1.54) is 31.3 Å². The van der Waals surface area contributed by atoms with Crippen LogP contribution >= 0.6 is 0 Å². The summed E-state index contributed by atoms with van der Waals surface area (Å²) >= 11 is 0. The Morgan fingerprint density at radius 3 is 2.88 bits per heavy atom. The zero-order valence-electron chi connectivity index (χ0n) is 10.6. The fraction of sp³-hybridized carbons (Fsp3) is 0.733. The number of fused-ring (bicyclic) bond motifs is 1. The van der Waals surface area contributed by atoms with E-state index in [4.69, 9.17) is 5.11 Å². The lowest BCUT2D eigenvalue weighted by atomic mass is 9.67. The summed E-state index contributed by atoms with van der Waals surface area (Å²) in [5, 5.41) is 9.13. The molecule has 0 aliphatic heterocycles. The normalized spacial score (nSPS) is 39.9.